The molecule has 28 heavy (non-hydrogen) atoms. The standard InChI is InChI=1S/C23H20ClNO2S/c1-17-7-14-21(15-8-17)28(26,27)25-22(16-9-18-5-3-2-4-6-18)23(25)19-10-12-20(24)13-11-19/h2-16,22-23H,1H3/b16-9+/t22-,23-,25?/m0/s1. The second-order valence-electron chi connectivity index (χ2n) is 6.90. The van der Waals surface area contributed by atoms with Crippen LogP contribution in [0.5, 0.6) is 0 Å². The zero-order chi connectivity index (χ0) is 19.7. The van der Waals surface area contributed by atoms with Gasteiger partial charge in [-0.25, -0.2) is 8.42 Å². The molecule has 1 fully saturated rings. The van der Waals surface area contributed by atoms with Gasteiger partial charge in [0.1, 0.15) is 0 Å². The summed E-state index contributed by atoms with van der Waals surface area (Å²) >= 11 is 6.01. The first kappa shape index (κ1) is 18.9. The van der Waals surface area contributed by atoms with Crippen molar-refractivity contribution in [3.63, 3.8) is 0 Å². The van der Waals surface area contributed by atoms with Gasteiger partial charge in [0.05, 0.1) is 17.0 Å². The van der Waals surface area contributed by atoms with Crippen molar-refractivity contribution in [2.24, 2.45) is 0 Å². The molecule has 0 spiro atoms. The Morgan fingerprint density at radius 3 is 2.18 bits per heavy atom. The largest absolute Gasteiger partial charge is 0.244 e. The Bertz CT molecular complexity index is 1090. The van der Waals surface area contributed by atoms with Gasteiger partial charge in [0, 0.05) is 5.02 Å². The Kier molecular flexibility index (Phi) is 5.11. The quantitative estimate of drug-likeness (QED) is 0.523. The molecule has 0 bridgehead atoms. The van der Waals surface area contributed by atoms with Crippen LogP contribution >= 0.6 is 11.6 Å². The highest BCUT2D eigenvalue weighted by Gasteiger charge is 2.54. The molecule has 3 atom stereocenters. The molecule has 5 heteroatoms. The molecule has 0 aromatic heterocycles. The Balaban J connectivity index is 1.68. The van der Waals surface area contributed by atoms with Gasteiger partial charge >= 0.3 is 0 Å². The molecule has 1 unspecified atom stereocenters. The maximum absolute atomic E-state index is 13.2. The number of benzene rings is 3. The van der Waals surface area contributed by atoms with Gasteiger partial charge in [-0.15, -0.1) is 0 Å². The summed E-state index contributed by atoms with van der Waals surface area (Å²) in [6.45, 7) is 1.94. The van der Waals surface area contributed by atoms with Crippen molar-refractivity contribution >= 4 is 27.7 Å². The SMILES string of the molecule is Cc1ccc(S(=O)(=O)N2[C@@H](/C=C/c3ccccc3)[C@@H]2c2ccc(Cl)cc2)cc1. The van der Waals surface area contributed by atoms with Crippen LogP contribution in [0.3, 0.4) is 0 Å². The van der Waals surface area contributed by atoms with E-state index in [4.69, 9.17) is 11.6 Å². The van der Waals surface area contributed by atoms with Crippen LogP contribution in [-0.4, -0.2) is 18.8 Å². The first-order chi connectivity index (χ1) is 13.5. The zero-order valence-electron chi connectivity index (χ0n) is 15.4. The second-order valence-corrected chi connectivity index (χ2v) is 9.18. The first-order valence-electron chi connectivity index (χ1n) is 9.06. The predicted molar refractivity (Wildman–Crippen MR) is 114 cm³/mol. The number of hydrogen-bond donors (Lipinski definition) is 0. The molecule has 142 valence electrons. The van der Waals surface area contributed by atoms with E-state index in [2.05, 4.69) is 0 Å². The van der Waals surface area contributed by atoms with Crippen LogP contribution in [0.25, 0.3) is 6.08 Å². The molecule has 3 aromatic rings. The minimum Gasteiger partial charge on any atom is -0.207 e. The van der Waals surface area contributed by atoms with Crippen LogP contribution in [0.1, 0.15) is 22.7 Å². The van der Waals surface area contributed by atoms with E-state index < -0.39 is 10.0 Å². The van der Waals surface area contributed by atoms with Crippen molar-refractivity contribution in [2.75, 3.05) is 0 Å². The van der Waals surface area contributed by atoms with Crippen molar-refractivity contribution in [1.29, 1.82) is 0 Å². The third-order valence-electron chi connectivity index (χ3n) is 4.90. The van der Waals surface area contributed by atoms with Crippen LogP contribution < -0.4 is 0 Å². The lowest BCUT2D eigenvalue weighted by atomic mass is 10.1. The normalized spacial score (nSPS) is 21.7. The van der Waals surface area contributed by atoms with Gasteiger partial charge in [0.15, 0.2) is 0 Å². The molecular weight excluding hydrogens is 390 g/mol. The smallest absolute Gasteiger partial charge is 0.207 e. The lowest BCUT2D eigenvalue weighted by Gasteiger charge is -2.07. The van der Waals surface area contributed by atoms with E-state index in [-0.39, 0.29) is 12.1 Å². The Hall–Kier alpha value is -2.40. The van der Waals surface area contributed by atoms with Crippen LogP contribution in [-0.2, 0) is 10.0 Å². The Morgan fingerprint density at radius 1 is 0.893 bits per heavy atom. The molecule has 1 heterocycles. The third-order valence-corrected chi connectivity index (χ3v) is 7.04. The molecule has 1 aliphatic heterocycles. The summed E-state index contributed by atoms with van der Waals surface area (Å²) in [7, 11) is -3.59. The van der Waals surface area contributed by atoms with Crippen molar-refractivity contribution in [3.05, 3.63) is 107 Å². The van der Waals surface area contributed by atoms with Gasteiger partial charge in [-0.3, -0.25) is 0 Å². The van der Waals surface area contributed by atoms with E-state index in [0.717, 1.165) is 16.7 Å². The molecule has 3 aromatic carbocycles. The average molecular weight is 410 g/mol. The van der Waals surface area contributed by atoms with Gasteiger partial charge in [-0.05, 0) is 42.3 Å². The summed E-state index contributed by atoms with van der Waals surface area (Å²) in [5.74, 6) is 0. The van der Waals surface area contributed by atoms with Crippen molar-refractivity contribution in [1.82, 2.24) is 4.31 Å². The van der Waals surface area contributed by atoms with Crippen molar-refractivity contribution in [2.45, 2.75) is 23.9 Å². The molecule has 4 rings (SSSR count). The van der Waals surface area contributed by atoms with Crippen LogP contribution in [0.15, 0.2) is 89.8 Å². The fraction of sp³-hybridized carbons (Fsp3) is 0.130. The minimum atomic E-state index is -3.59. The number of aryl methyl sites for hydroxylation is 1. The number of rotatable bonds is 5. The van der Waals surface area contributed by atoms with Gasteiger partial charge in [0.2, 0.25) is 10.0 Å². The lowest BCUT2D eigenvalue weighted by Crippen LogP contribution is -2.14. The summed E-state index contributed by atoms with van der Waals surface area (Å²) in [4.78, 5) is 0.313. The fourth-order valence-corrected chi connectivity index (χ4v) is 5.18. The molecule has 1 aliphatic rings. The molecule has 0 radical (unpaired) electrons. The topological polar surface area (TPSA) is 37.1 Å². The highest BCUT2D eigenvalue weighted by Crippen LogP contribution is 2.48. The summed E-state index contributed by atoms with van der Waals surface area (Å²) in [5, 5.41) is 0.633. The highest BCUT2D eigenvalue weighted by atomic mass is 35.5. The molecule has 0 aliphatic carbocycles. The van der Waals surface area contributed by atoms with E-state index in [9.17, 15) is 8.42 Å². The molecule has 0 saturated carbocycles. The Labute approximate surface area is 170 Å². The first-order valence-corrected chi connectivity index (χ1v) is 10.9. The van der Waals surface area contributed by atoms with Crippen LogP contribution in [0.4, 0.5) is 0 Å². The molecule has 3 nitrogen and oxygen atoms in total. The maximum Gasteiger partial charge on any atom is 0.244 e. The fourth-order valence-electron chi connectivity index (χ4n) is 3.34. The molecular formula is C23H20ClNO2S. The molecule has 0 amide bonds. The van der Waals surface area contributed by atoms with E-state index >= 15 is 0 Å². The minimum absolute atomic E-state index is 0.229. The number of sulfonamides is 1. The third kappa shape index (κ3) is 3.76. The van der Waals surface area contributed by atoms with Gasteiger partial charge in [-0.1, -0.05) is 83.9 Å². The number of halogens is 1. The zero-order valence-corrected chi connectivity index (χ0v) is 16.9. The van der Waals surface area contributed by atoms with Gasteiger partial charge in [-0.2, -0.15) is 4.31 Å². The van der Waals surface area contributed by atoms with E-state index in [1.54, 1.807) is 28.6 Å². The van der Waals surface area contributed by atoms with E-state index in [0.29, 0.717) is 9.92 Å². The monoisotopic (exact) mass is 409 g/mol. The average Bonchev–Trinajstić information content (AvgIpc) is 3.43. The van der Waals surface area contributed by atoms with Crippen molar-refractivity contribution < 1.29 is 8.42 Å². The summed E-state index contributed by atoms with van der Waals surface area (Å²) in [6, 6.07) is 23.8. The van der Waals surface area contributed by atoms with Crippen LogP contribution in [0, 0.1) is 6.92 Å². The van der Waals surface area contributed by atoms with Gasteiger partial charge in [0.25, 0.3) is 0 Å². The lowest BCUT2D eigenvalue weighted by molar-refractivity contribution is 0.550. The summed E-state index contributed by atoms with van der Waals surface area (Å²) in [5.41, 5.74) is 3.00. The Morgan fingerprint density at radius 2 is 1.54 bits per heavy atom. The van der Waals surface area contributed by atoms with E-state index in [1.165, 1.54) is 0 Å². The van der Waals surface area contributed by atoms with E-state index in [1.807, 2.05) is 73.7 Å². The number of nitrogens with zero attached hydrogens (tertiary/aromatic N) is 1. The maximum atomic E-state index is 13.2. The predicted octanol–water partition coefficient (Wildman–Crippen LogP) is 5.48. The molecule has 1 saturated heterocycles. The van der Waals surface area contributed by atoms with Crippen molar-refractivity contribution in [3.8, 4) is 0 Å². The van der Waals surface area contributed by atoms with Gasteiger partial charge < -0.3 is 0 Å². The second kappa shape index (κ2) is 7.55. The summed E-state index contributed by atoms with van der Waals surface area (Å²) in [6.07, 6.45) is 3.93. The highest BCUT2D eigenvalue weighted by molar-refractivity contribution is 7.89. The summed E-state index contributed by atoms with van der Waals surface area (Å²) < 4.78 is 28.0. The number of hydrogen-bond acceptors (Lipinski definition) is 2. The van der Waals surface area contributed by atoms with Crippen LogP contribution in [0.2, 0.25) is 5.02 Å². The molecule has 0 N–H and O–H groups in total.